The van der Waals surface area contributed by atoms with E-state index in [4.69, 9.17) is 9.47 Å². The zero-order valence-electron chi connectivity index (χ0n) is 16.9. The molecule has 8 heteroatoms. The van der Waals surface area contributed by atoms with E-state index in [2.05, 4.69) is 16.1 Å². The Balaban J connectivity index is 1.53. The summed E-state index contributed by atoms with van der Waals surface area (Å²) in [6.07, 6.45) is 8.58. The summed E-state index contributed by atoms with van der Waals surface area (Å²) in [5.74, 6) is 1.86. The number of allylic oxidation sites excluding steroid dienone is 1. The molecule has 0 saturated carbocycles. The van der Waals surface area contributed by atoms with Gasteiger partial charge >= 0.3 is 5.97 Å². The summed E-state index contributed by atoms with van der Waals surface area (Å²) < 4.78 is 12.8. The van der Waals surface area contributed by atoms with Crippen LogP contribution in [0.3, 0.4) is 0 Å². The molecule has 1 aromatic carbocycles. The molecule has 1 unspecified atom stereocenters. The largest absolute Gasteiger partial charge is 0.497 e. The molecule has 156 valence electrons. The molecule has 4 rings (SSSR count). The predicted molar refractivity (Wildman–Crippen MR) is 113 cm³/mol. The van der Waals surface area contributed by atoms with Crippen LogP contribution in [0.5, 0.6) is 5.75 Å². The SMILES string of the molecule is C=CCC1=C(C(=O)OCc2ccc(OC)cc2)N2C(=O)C[C@H]2[S+](C[n+]2cc[nH]c2)C1. The number of H-pyrrole nitrogens is 1. The number of fused-ring (bicyclic) bond motifs is 1. The number of ether oxygens (including phenoxy) is 2. The Morgan fingerprint density at radius 3 is 2.83 bits per heavy atom. The monoisotopic (exact) mass is 427 g/mol. The Bertz CT molecular complexity index is 969. The van der Waals surface area contributed by atoms with E-state index >= 15 is 0 Å². The molecule has 2 aliphatic rings. The second-order valence-electron chi connectivity index (χ2n) is 7.23. The van der Waals surface area contributed by atoms with Gasteiger partial charge in [0.05, 0.1) is 24.4 Å². The van der Waals surface area contributed by atoms with E-state index in [1.165, 1.54) is 0 Å². The van der Waals surface area contributed by atoms with E-state index in [0.29, 0.717) is 18.5 Å². The fourth-order valence-electron chi connectivity index (χ4n) is 3.72. The van der Waals surface area contributed by atoms with Gasteiger partial charge in [-0.15, -0.1) is 6.58 Å². The molecule has 7 nitrogen and oxygen atoms in total. The summed E-state index contributed by atoms with van der Waals surface area (Å²) in [4.78, 5) is 30.2. The number of carbonyl (C=O) groups excluding carboxylic acids is 2. The minimum Gasteiger partial charge on any atom is -0.497 e. The Hall–Kier alpha value is -3.00. The molecule has 1 fully saturated rings. The van der Waals surface area contributed by atoms with Gasteiger partial charge in [-0.2, -0.15) is 4.57 Å². The minimum atomic E-state index is -0.446. The normalized spacial score (nSPS) is 20.4. The van der Waals surface area contributed by atoms with Gasteiger partial charge in [0.2, 0.25) is 23.5 Å². The fourth-order valence-corrected chi connectivity index (χ4v) is 6.32. The molecule has 1 amide bonds. The number of β-lactam (4-membered cyclic amide) rings is 1. The maximum atomic E-state index is 13.0. The van der Waals surface area contributed by atoms with E-state index in [-0.39, 0.29) is 28.8 Å². The van der Waals surface area contributed by atoms with Gasteiger partial charge in [0.15, 0.2) is 0 Å². The zero-order valence-corrected chi connectivity index (χ0v) is 17.7. The number of imidazole rings is 1. The number of nitrogens with zero attached hydrogens (tertiary/aromatic N) is 2. The summed E-state index contributed by atoms with van der Waals surface area (Å²) >= 11 is 0. The van der Waals surface area contributed by atoms with Gasteiger partial charge in [0.25, 0.3) is 0 Å². The maximum Gasteiger partial charge on any atom is 0.355 e. The Morgan fingerprint density at radius 1 is 1.40 bits per heavy atom. The van der Waals surface area contributed by atoms with Gasteiger partial charge in [0, 0.05) is 5.57 Å². The first-order valence-corrected chi connectivity index (χ1v) is 11.4. The zero-order chi connectivity index (χ0) is 21.1. The van der Waals surface area contributed by atoms with Gasteiger partial charge in [-0.3, -0.25) is 14.7 Å². The second-order valence-corrected chi connectivity index (χ2v) is 9.39. The summed E-state index contributed by atoms with van der Waals surface area (Å²) in [5.41, 5.74) is 2.20. The van der Waals surface area contributed by atoms with Crippen molar-refractivity contribution in [2.24, 2.45) is 0 Å². The highest BCUT2D eigenvalue weighted by molar-refractivity contribution is 7.96. The first-order valence-electron chi connectivity index (χ1n) is 9.74. The Morgan fingerprint density at radius 2 is 2.20 bits per heavy atom. The Kier molecular flexibility index (Phi) is 5.94. The third-order valence-corrected chi connectivity index (χ3v) is 7.75. The molecule has 30 heavy (non-hydrogen) atoms. The molecule has 3 heterocycles. The van der Waals surface area contributed by atoms with Crippen LogP contribution in [-0.2, 0) is 37.7 Å². The number of hydrogen-bond donors (Lipinski definition) is 1. The van der Waals surface area contributed by atoms with E-state index in [1.807, 2.05) is 43.0 Å². The molecule has 2 aliphatic heterocycles. The number of carbonyl (C=O) groups is 2. The van der Waals surface area contributed by atoms with Gasteiger partial charge < -0.3 is 9.47 Å². The highest BCUT2D eigenvalue weighted by atomic mass is 32.2. The van der Waals surface area contributed by atoms with E-state index < -0.39 is 5.97 Å². The number of methoxy groups -OCH3 is 1. The highest BCUT2D eigenvalue weighted by Crippen LogP contribution is 2.39. The van der Waals surface area contributed by atoms with Crippen LogP contribution in [0.4, 0.5) is 0 Å². The van der Waals surface area contributed by atoms with Gasteiger partial charge in [-0.25, -0.2) is 4.79 Å². The van der Waals surface area contributed by atoms with E-state index in [9.17, 15) is 9.59 Å². The predicted octanol–water partition coefficient (Wildman–Crippen LogP) is 2.03. The average Bonchev–Trinajstić information content (AvgIpc) is 3.26. The van der Waals surface area contributed by atoms with Crippen LogP contribution >= 0.6 is 0 Å². The number of amides is 1. The Labute approximate surface area is 178 Å². The smallest absolute Gasteiger partial charge is 0.355 e. The van der Waals surface area contributed by atoms with Crippen molar-refractivity contribution in [1.82, 2.24) is 9.88 Å². The van der Waals surface area contributed by atoms with Gasteiger partial charge in [-0.05, 0) is 24.1 Å². The van der Waals surface area contributed by atoms with Crippen LogP contribution in [0.15, 0.2) is 66.9 Å². The lowest BCUT2D eigenvalue weighted by atomic mass is 10.1. The average molecular weight is 428 g/mol. The number of hydrogen-bond acceptors (Lipinski definition) is 4. The van der Waals surface area contributed by atoms with Crippen LogP contribution < -0.4 is 9.30 Å². The summed E-state index contributed by atoms with van der Waals surface area (Å²) in [6, 6.07) is 7.36. The first-order chi connectivity index (χ1) is 14.6. The molecule has 0 aliphatic carbocycles. The molecular formula is C22H25N3O4S+2. The molecule has 2 aromatic rings. The van der Waals surface area contributed by atoms with E-state index in [0.717, 1.165) is 28.5 Å². The third-order valence-electron chi connectivity index (χ3n) is 5.26. The fraction of sp³-hybridized carbons (Fsp3) is 0.318. The molecule has 1 N–H and O–H groups in total. The number of aromatic nitrogens is 2. The molecule has 1 saturated heterocycles. The lowest BCUT2D eigenvalue weighted by Crippen LogP contribution is -2.62. The van der Waals surface area contributed by atoms with Crippen molar-refractivity contribution < 1.29 is 23.6 Å². The van der Waals surface area contributed by atoms with Crippen LogP contribution in [0.25, 0.3) is 0 Å². The summed E-state index contributed by atoms with van der Waals surface area (Å²) in [6.45, 7) is 3.98. The van der Waals surface area contributed by atoms with Gasteiger partial charge in [0.1, 0.15) is 36.2 Å². The number of esters is 1. The number of benzene rings is 1. The first kappa shape index (κ1) is 20.3. The van der Waals surface area contributed by atoms with Gasteiger partial charge in [-0.1, -0.05) is 18.2 Å². The number of aromatic amines is 1. The number of rotatable bonds is 8. The summed E-state index contributed by atoms with van der Waals surface area (Å²) in [7, 11) is 1.53. The second kappa shape index (κ2) is 8.79. The lowest BCUT2D eigenvalue weighted by Gasteiger charge is -2.42. The van der Waals surface area contributed by atoms with Crippen LogP contribution in [0.1, 0.15) is 18.4 Å². The lowest BCUT2D eigenvalue weighted by molar-refractivity contribution is -0.675. The topological polar surface area (TPSA) is 75.5 Å². The third kappa shape index (κ3) is 4.00. The van der Waals surface area contributed by atoms with Crippen molar-refractivity contribution in [2.75, 3.05) is 12.9 Å². The van der Waals surface area contributed by atoms with Crippen molar-refractivity contribution in [2.45, 2.75) is 30.7 Å². The standard InChI is InChI=1S/C22H24N3O4S/c1-3-4-17-13-30(15-24-10-9-23-14-24)20-11-19(26)25(20)21(17)22(27)29-12-16-5-7-18(28-2)8-6-16/h3,5-10,14,20H,1,4,11-13,15H2,2H3/q+1/p+1/t20-,30?/m1/s1. The molecule has 2 atom stereocenters. The number of nitrogens with one attached hydrogen (secondary N) is 1. The molecule has 0 radical (unpaired) electrons. The van der Waals surface area contributed by atoms with Crippen molar-refractivity contribution in [3.05, 3.63) is 72.5 Å². The van der Waals surface area contributed by atoms with E-state index in [1.54, 1.807) is 18.1 Å². The molecule has 0 bridgehead atoms. The van der Waals surface area contributed by atoms with Crippen molar-refractivity contribution in [3.63, 3.8) is 0 Å². The molecule has 1 aromatic heterocycles. The molecular weight excluding hydrogens is 402 g/mol. The maximum absolute atomic E-state index is 13.0. The highest BCUT2D eigenvalue weighted by Gasteiger charge is 2.56. The quantitative estimate of drug-likeness (QED) is 0.230. The van der Waals surface area contributed by atoms with Crippen molar-refractivity contribution >= 4 is 22.8 Å². The van der Waals surface area contributed by atoms with Crippen LogP contribution in [0, 0.1) is 0 Å². The van der Waals surface area contributed by atoms with Crippen LogP contribution in [0.2, 0.25) is 0 Å². The minimum absolute atomic E-state index is 0.0192. The van der Waals surface area contributed by atoms with Crippen molar-refractivity contribution in [1.29, 1.82) is 0 Å². The van der Waals surface area contributed by atoms with Crippen LogP contribution in [-0.4, -0.2) is 40.0 Å². The summed E-state index contributed by atoms with van der Waals surface area (Å²) in [5, 5.41) is 0.0528. The molecule has 0 spiro atoms. The van der Waals surface area contributed by atoms with Crippen molar-refractivity contribution in [3.8, 4) is 5.75 Å².